The molecule has 9 heterocycles. The van der Waals surface area contributed by atoms with Gasteiger partial charge in [0.25, 0.3) is 0 Å². The van der Waals surface area contributed by atoms with Crippen molar-refractivity contribution in [2.45, 2.75) is 0 Å². The molecular weight excluding hydrogens is 1880 g/mol. The van der Waals surface area contributed by atoms with E-state index < -0.39 is 0 Å². The van der Waals surface area contributed by atoms with Gasteiger partial charge in [0, 0.05) is 119 Å². The summed E-state index contributed by atoms with van der Waals surface area (Å²) in [7, 11) is 0. The first-order chi connectivity index (χ1) is 74.4. The van der Waals surface area contributed by atoms with Crippen LogP contribution < -0.4 is 0 Å². The molecular formula is C138H87N9S3. The molecule has 30 aromatic rings. The molecule has 0 aliphatic rings. The van der Waals surface area contributed by atoms with Gasteiger partial charge in [0.15, 0.2) is 17.5 Å². The number of para-hydroxylation sites is 7. The summed E-state index contributed by atoms with van der Waals surface area (Å²) in [5, 5.41) is 11.0. The Balaban J connectivity index is 0.000000108. The van der Waals surface area contributed by atoms with Crippen LogP contribution in [0.25, 0.3) is 278 Å². The van der Waals surface area contributed by atoms with Gasteiger partial charge in [-0.3, -0.25) is 0 Å². The Kier molecular flexibility index (Phi) is 22.3. The Bertz CT molecular complexity index is 10400. The lowest BCUT2D eigenvalue weighted by Crippen LogP contribution is -1.95. The van der Waals surface area contributed by atoms with Crippen molar-refractivity contribution in [2.75, 3.05) is 0 Å². The quantitative estimate of drug-likeness (QED) is 0.102. The fourth-order valence-corrected chi connectivity index (χ4v) is 25.7. The number of hydrogen-bond acceptors (Lipinski definition) is 9. The summed E-state index contributed by atoms with van der Waals surface area (Å²) in [5.41, 5.74) is 37.4. The smallest absolute Gasteiger partial charge is 0.160 e. The van der Waals surface area contributed by atoms with E-state index in [1.165, 1.54) is 158 Å². The van der Waals surface area contributed by atoms with E-state index in [0.29, 0.717) is 0 Å². The van der Waals surface area contributed by atoms with Gasteiger partial charge in [0.1, 0.15) is 0 Å². The molecule has 12 heteroatoms. The molecule has 21 aromatic carbocycles. The predicted octanol–water partition coefficient (Wildman–Crippen LogP) is 37.8. The van der Waals surface area contributed by atoms with Crippen molar-refractivity contribution in [3.05, 3.63) is 528 Å². The van der Waals surface area contributed by atoms with E-state index in [2.05, 4.69) is 475 Å². The lowest BCUT2D eigenvalue weighted by Gasteiger charge is -2.12. The molecule has 0 radical (unpaired) electrons. The zero-order valence-electron chi connectivity index (χ0n) is 81.0. The number of aromatic nitrogens is 9. The van der Waals surface area contributed by atoms with Crippen LogP contribution in [-0.4, -0.2) is 43.6 Å². The van der Waals surface area contributed by atoms with Gasteiger partial charge >= 0.3 is 0 Å². The van der Waals surface area contributed by atoms with Crippen molar-refractivity contribution in [1.82, 2.24) is 43.6 Å². The normalized spacial score (nSPS) is 11.6. The number of thiophene rings is 3. The summed E-state index contributed by atoms with van der Waals surface area (Å²) < 4.78 is 14.1. The van der Waals surface area contributed by atoms with Crippen LogP contribution in [0.5, 0.6) is 0 Å². The third-order valence-electron chi connectivity index (χ3n) is 28.9. The molecule has 150 heavy (non-hydrogen) atoms. The van der Waals surface area contributed by atoms with E-state index in [1.807, 2.05) is 66.7 Å². The number of rotatable bonds is 15. The topological polar surface area (TPSA) is 92.1 Å². The van der Waals surface area contributed by atoms with Crippen LogP contribution in [0.1, 0.15) is 0 Å². The Hall–Kier alpha value is -19.1. The Morgan fingerprint density at radius 1 is 0.140 bits per heavy atom. The maximum absolute atomic E-state index is 5.19. The van der Waals surface area contributed by atoms with Crippen LogP contribution in [0.2, 0.25) is 0 Å². The van der Waals surface area contributed by atoms with Gasteiger partial charge in [-0.15, -0.1) is 34.0 Å². The summed E-state index contributed by atoms with van der Waals surface area (Å²) in [5.74, 6) is 2.23. The molecule has 0 atom stereocenters. The third kappa shape index (κ3) is 15.8. The average Bonchev–Trinajstić information content (AvgIpc) is 1.56. The molecule has 9 nitrogen and oxygen atoms in total. The molecule has 0 aliphatic carbocycles. The molecule has 0 saturated carbocycles. The molecule has 0 amide bonds. The zero-order valence-corrected chi connectivity index (χ0v) is 83.4. The second kappa shape index (κ2) is 37.8. The first-order valence-corrected chi connectivity index (χ1v) is 53.0. The van der Waals surface area contributed by atoms with Crippen LogP contribution in [0.3, 0.4) is 0 Å². The van der Waals surface area contributed by atoms with Crippen molar-refractivity contribution in [2.24, 2.45) is 0 Å². The van der Waals surface area contributed by atoms with Crippen LogP contribution in [0.4, 0.5) is 0 Å². The van der Waals surface area contributed by atoms with Gasteiger partial charge in [-0.25, -0.2) is 29.9 Å². The number of hydrogen-bond donors (Lipinski definition) is 0. The molecule has 0 saturated heterocycles. The Morgan fingerprint density at radius 3 is 0.773 bits per heavy atom. The summed E-state index contributed by atoms with van der Waals surface area (Å²) in [6.07, 6.45) is 0. The zero-order chi connectivity index (χ0) is 99.1. The van der Waals surface area contributed by atoms with Crippen molar-refractivity contribution in [3.63, 3.8) is 0 Å². The van der Waals surface area contributed by atoms with Crippen LogP contribution in [0.15, 0.2) is 528 Å². The monoisotopic (exact) mass is 1970 g/mol. The van der Waals surface area contributed by atoms with Crippen molar-refractivity contribution >= 4 is 160 Å². The van der Waals surface area contributed by atoms with Gasteiger partial charge in [0.05, 0.1) is 80.8 Å². The Morgan fingerprint density at radius 2 is 0.393 bits per heavy atom. The Labute approximate surface area is 876 Å². The largest absolute Gasteiger partial charge is 0.309 e. The first kappa shape index (κ1) is 88.6. The third-order valence-corrected chi connectivity index (χ3v) is 32.6. The average molecular weight is 1970 g/mol. The maximum Gasteiger partial charge on any atom is 0.160 e. The molecule has 702 valence electrons. The van der Waals surface area contributed by atoms with E-state index in [9.17, 15) is 0 Å². The minimum absolute atomic E-state index is 0.744. The molecule has 0 fully saturated rings. The van der Waals surface area contributed by atoms with Gasteiger partial charge in [0.2, 0.25) is 0 Å². The summed E-state index contributed by atoms with van der Waals surface area (Å²) in [6, 6.07) is 187. The van der Waals surface area contributed by atoms with Crippen molar-refractivity contribution in [1.29, 1.82) is 0 Å². The number of nitrogens with zero attached hydrogens (tertiary/aromatic N) is 9. The number of fused-ring (bicyclic) bond motifs is 18. The van der Waals surface area contributed by atoms with Gasteiger partial charge in [-0.1, -0.05) is 455 Å². The molecule has 9 aromatic heterocycles. The van der Waals surface area contributed by atoms with Crippen molar-refractivity contribution < 1.29 is 0 Å². The van der Waals surface area contributed by atoms with E-state index in [0.717, 1.165) is 120 Å². The first-order valence-electron chi connectivity index (χ1n) is 50.5. The minimum Gasteiger partial charge on any atom is -0.309 e. The highest BCUT2D eigenvalue weighted by molar-refractivity contribution is 7.27. The lowest BCUT2D eigenvalue weighted by molar-refractivity contribution is 1.18. The molecule has 0 N–H and O–H groups in total. The molecule has 0 spiro atoms. The van der Waals surface area contributed by atoms with Gasteiger partial charge < -0.3 is 13.7 Å². The second-order valence-corrected chi connectivity index (χ2v) is 40.8. The van der Waals surface area contributed by atoms with E-state index >= 15 is 0 Å². The summed E-state index contributed by atoms with van der Waals surface area (Å²) >= 11 is 5.35. The highest BCUT2D eigenvalue weighted by Gasteiger charge is 2.27. The minimum atomic E-state index is 0.744. The van der Waals surface area contributed by atoms with Crippen molar-refractivity contribution in [3.8, 4) is 152 Å². The summed E-state index contributed by atoms with van der Waals surface area (Å²) in [4.78, 5) is 31.0. The highest BCUT2D eigenvalue weighted by atomic mass is 32.1. The lowest BCUT2D eigenvalue weighted by atomic mass is 9.98. The van der Waals surface area contributed by atoms with Gasteiger partial charge in [-0.05, 0) is 134 Å². The van der Waals surface area contributed by atoms with E-state index in [1.54, 1.807) is 34.0 Å². The van der Waals surface area contributed by atoms with E-state index in [-0.39, 0.29) is 0 Å². The fraction of sp³-hybridized carbons (Fsp3) is 0. The second-order valence-electron chi connectivity index (χ2n) is 37.7. The molecule has 30 rings (SSSR count). The van der Waals surface area contributed by atoms with Crippen LogP contribution >= 0.6 is 34.0 Å². The number of benzene rings is 21. The fourth-order valence-electron chi connectivity index (χ4n) is 21.8. The van der Waals surface area contributed by atoms with Crippen LogP contribution in [0, 0.1) is 0 Å². The molecule has 0 aliphatic heterocycles. The molecule has 0 unspecified atom stereocenters. The predicted molar refractivity (Wildman–Crippen MR) is 633 cm³/mol. The molecule has 0 bridgehead atoms. The van der Waals surface area contributed by atoms with Crippen LogP contribution in [-0.2, 0) is 0 Å². The highest BCUT2D eigenvalue weighted by Crippen LogP contribution is 2.51. The maximum atomic E-state index is 5.19. The van der Waals surface area contributed by atoms with E-state index in [4.69, 9.17) is 29.9 Å². The summed E-state index contributed by atoms with van der Waals surface area (Å²) in [6.45, 7) is 0. The van der Waals surface area contributed by atoms with Gasteiger partial charge in [-0.2, -0.15) is 0 Å². The standard InChI is InChI=1S/3C46H29N3S/c1-4-14-32(15-5-1)41-45-42(48-46(47-41)33-16-6-2-7-17-33)39-24-13-22-36(44(39)50-45)31-28-26-30(27-29-31)35-21-12-23-38-37-20-10-11-25-40(37)49(43(35)38)34-18-8-3-9-19-34;1-4-13-32(14-5-1)42-45-43(48-46(47-42)33-15-6-2-7-16-33)39-21-12-20-36(44(39)50-45)31-25-23-30(24-26-31)34-27-28-38-37-19-10-11-22-40(37)49(41(38)29-34)35-17-8-3-9-18-35;1-4-13-32(14-5-1)42-45-43(48-46(47-42)33-15-6-2-7-16-33)38-21-12-20-36(44(38)50-45)31-25-23-30(24-26-31)34-27-28-41-39(29-34)37-19-10-11-22-40(37)49(41)35-17-8-3-9-18-35/h3*1-29H. The SMILES string of the molecule is c1ccc(-c2nc(-c3ccccc3)c3sc4c(-c5ccc(-c6ccc7c(c6)c6ccccc6n7-c6ccccc6)cc5)cccc4c3n2)cc1.c1ccc(-c2nc(-c3ccccc3)c3sc4c(-c5ccc(-c6ccc7c8ccccc8n(-c8ccccc8)c7c6)cc5)cccc4c3n2)cc1.c1ccc(-c2nc(-c3ccccc3)c3sc4c(-c5ccc(-c6cccc7c8ccccc8n(-c8ccccc8)c67)cc5)cccc4c3n2)cc1.